The third-order valence-corrected chi connectivity index (χ3v) is 9.83. The van der Waals surface area contributed by atoms with Gasteiger partial charge < -0.3 is 50.0 Å². The maximum atomic E-state index is 14.3. The van der Waals surface area contributed by atoms with E-state index >= 15 is 0 Å². The summed E-state index contributed by atoms with van der Waals surface area (Å²) >= 11 is 0. The summed E-state index contributed by atoms with van der Waals surface area (Å²) in [6, 6.07) is 17.8. The fraction of sp³-hybridized carbons (Fsp3) is 0.318. The van der Waals surface area contributed by atoms with Crippen molar-refractivity contribution in [2.24, 2.45) is 0 Å². The molecule has 1 saturated carbocycles. The van der Waals surface area contributed by atoms with Crippen LogP contribution in [0.3, 0.4) is 0 Å². The monoisotopic (exact) mass is 856 g/mol. The number of carboxylic acids is 2. The van der Waals surface area contributed by atoms with Crippen LogP contribution in [0.2, 0.25) is 0 Å². The Labute approximate surface area is 356 Å². The molecular weight excluding hydrogens is 808 g/mol. The fourth-order valence-corrected chi connectivity index (χ4v) is 7.42. The number of carbonyl (C=O) groups is 6. The van der Waals surface area contributed by atoms with Gasteiger partial charge in [-0.2, -0.15) is 0 Å². The summed E-state index contributed by atoms with van der Waals surface area (Å²) < 4.78 is 21.2. The van der Waals surface area contributed by atoms with Gasteiger partial charge in [0, 0.05) is 22.5 Å². The molecule has 0 bridgehead atoms. The number of phenolic OH excluding ortho intramolecular Hbond substituents is 2. The van der Waals surface area contributed by atoms with Crippen molar-refractivity contribution in [2.45, 2.75) is 75.7 Å². The highest BCUT2D eigenvalue weighted by Gasteiger charge is 2.80. The van der Waals surface area contributed by atoms with Crippen molar-refractivity contribution in [1.82, 2.24) is 10.6 Å². The third kappa shape index (κ3) is 9.28. The van der Waals surface area contributed by atoms with Gasteiger partial charge in [0.05, 0.1) is 26.1 Å². The highest BCUT2D eigenvalue weighted by molar-refractivity contribution is 6.06. The van der Waals surface area contributed by atoms with Gasteiger partial charge in [0.15, 0.2) is 34.1 Å². The van der Waals surface area contributed by atoms with Crippen LogP contribution in [0.1, 0.15) is 85.2 Å². The zero-order chi connectivity index (χ0) is 45.9. The molecule has 1 aliphatic carbocycles. The molecule has 4 aromatic carbocycles. The molecular formula is C44H48N4O14. The van der Waals surface area contributed by atoms with Crippen LogP contribution in [0.4, 0.5) is 21.0 Å². The van der Waals surface area contributed by atoms with E-state index in [1.165, 1.54) is 87.0 Å². The first kappa shape index (κ1) is 45.6. The van der Waals surface area contributed by atoms with Crippen LogP contribution in [-0.2, 0) is 19.1 Å². The summed E-state index contributed by atoms with van der Waals surface area (Å²) in [5, 5.41) is 54.1. The van der Waals surface area contributed by atoms with E-state index in [2.05, 4.69) is 21.3 Å². The maximum absolute atomic E-state index is 14.3. The van der Waals surface area contributed by atoms with E-state index in [0.29, 0.717) is 0 Å². The van der Waals surface area contributed by atoms with Gasteiger partial charge in [-0.3, -0.25) is 20.2 Å². The molecule has 1 aliphatic rings. The summed E-state index contributed by atoms with van der Waals surface area (Å²) in [5.74, 6) is -10.3. The number of aromatic hydroxyl groups is 2. The molecule has 328 valence electrons. The average molecular weight is 857 g/mol. The van der Waals surface area contributed by atoms with Gasteiger partial charge in [-0.05, 0) is 125 Å². The number of phenols is 2. The number of nitrogens with one attached hydrogen (secondary N) is 4. The summed E-state index contributed by atoms with van der Waals surface area (Å²) in [6.45, 7) is 10.1. The number of anilines is 2. The minimum absolute atomic E-state index is 0.0964. The smallest absolute Gasteiger partial charge is 0.412 e. The Morgan fingerprint density at radius 1 is 0.532 bits per heavy atom. The SMILES string of the molecule is COc1cc(C2C(NC(=O)c3ccc(NC(=O)OC(C)(C)C)cc3)(C(=O)O)C(c3ccc(O)c(OC)c3)C2(NC(=O)c2ccc(NC(=O)OC(C)(C)C)cc2)C(=O)O)ccc1O. The molecule has 18 nitrogen and oxygen atoms in total. The van der Waals surface area contributed by atoms with E-state index in [9.17, 15) is 49.2 Å². The molecule has 62 heavy (non-hydrogen) atoms. The molecule has 4 aromatic rings. The van der Waals surface area contributed by atoms with E-state index in [1.807, 2.05) is 0 Å². The Bertz CT molecular complexity index is 2210. The van der Waals surface area contributed by atoms with Crippen LogP contribution in [-0.4, -0.2) is 92.9 Å². The molecule has 0 aliphatic heterocycles. The number of ether oxygens (including phenoxy) is 4. The maximum Gasteiger partial charge on any atom is 0.412 e. The Hall–Kier alpha value is -7.50. The van der Waals surface area contributed by atoms with E-state index in [1.54, 1.807) is 41.5 Å². The number of hydrogen-bond acceptors (Lipinski definition) is 12. The van der Waals surface area contributed by atoms with Crippen LogP contribution >= 0.6 is 0 Å². The van der Waals surface area contributed by atoms with E-state index in [4.69, 9.17) is 18.9 Å². The van der Waals surface area contributed by atoms with Gasteiger partial charge in [-0.15, -0.1) is 0 Å². The average Bonchev–Trinajstić information content (AvgIpc) is 3.17. The molecule has 4 amide bonds. The lowest BCUT2D eigenvalue weighted by molar-refractivity contribution is -0.171. The fourth-order valence-electron chi connectivity index (χ4n) is 7.42. The standard InChI is InChI=1S/C44H48N4O14/c1-41(2,3)61-39(57)45-27-15-9-23(10-16-27)35(51)47-43(37(53)54)33(25-13-19-29(49)31(21-25)59-7)44(38(55)56,34(43)26-14-20-30(50)32(22-26)60-8)48-36(52)24-11-17-28(18-12-24)46-40(58)62-42(4,5)6/h9-22,33-34,49-50H,1-8H3,(H,45,57)(H,46,58)(H,47,51)(H,48,52)(H,53,54)(H,55,56). The van der Waals surface area contributed by atoms with Gasteiger partial charge >= 0.3 is 24.1 Å². The first-order valence-corrected chi connectivity index (χ1v) is 19.0. The number of methoxy groups -OCH3 is 2. The van der Waals surface area contributed by atoms with E-state index in [0.717, 1.165) is 12.1 Å². The largest absolute Gasteiger partial charge is 0.504 e. The number of hydrogen-bond donors (Lipinski definition) is 8. The summed E-state index contributed by atoms with van der Waals surface area (Å²) in [6.07, 6.45) is -1.54. The predicted molar refractivity (Wildman–Crippen MR) is 223 cm³/mol. The number of carbonyl (C=O) groups excluding carboxylic acids is 4. The summed E-state index contributed by atoms with van der Waals surface area (Å²) in [4.78, 5) is 81.5. The Morgan fingerprint density at radius 2 is 0.855 bits per heavy atom. The lowest BCUT2D eigenvalue weighted by Crippen LogP contribution is -2.86. The van der Waals surface area contributed by atoms with E-state index in [-0.39, 0.29) is 56.6 Å². The molecule has 8 N–H and O–H groups in total. The minimum atomic E-state index is -2.64. The Kier molecular flexibility index (Phi) is 12.7. The van der Waals surface area contributed by atoms with Crippen molar-refractivity contribution in [1.29, 1.82) is 0 Å². The van der Waals surface area contributed by atoms with Crippen molar-refractivity contribution in [3.8, 4) is 23.0 Å². The molecule has 0 unspecified atom stereocenters. The lowest BCUT2D eigenvalue weighted by Gasteiger charge is -2.64. The molecule has 0 heterocycles. The van der Waals surface area contributed by atoms with Gasteiger partial charge in [-0.1, -0.05) is 12.1 Å². The van der Waals surface area contributed by atoms with Gasteiger partial charge in [0.1, 0.15) is 11.2 Å². The number of rotatable bonds is 12. The second kappa shape index (κ2) is 17.2. The van der Waals surface area contributed by atoms with Crippen molar-refractivity contribution < 1.29 is 68.1 Å². The zero-order valence-corrected chi connectivity index (χ0v) is 35.1. The molecule has 5 rings (SSSR count). The quantitative estimate of drug-likeness (QED) is 0.0789. The second-order valence-electron chi connectivity index (χ2n) is 16.4. The molecule has 0 spiro atoms. The third-order valence-electron chi connectivity index (χ3n) is 9.83. The molecule has 0 atom stereocenters. The lowest BCUT2D eigenvalue weighted by atomic mass is 9.43. The minimum Gasteiger partial charge on any atom is -0.504 e. The normalized spacial score (nSPS) is 19.4. The highest BCUT2D eigenvalue weighted by Crippen LogP contribution is 2.64. The van der Waals surface area contributed by atoms with Crippen LogP contribution in [0, 0.1) is 0 Å². The molecule has 0 radical (unpaired) electrons. The number of carboxylic acid groups (broad SMARTS) is 2. The first-order chi connectivity index (χ1) is 28.9. The van der Waals surface area contributed by atoms with Crippen LogP contribution in [0.25, 0.3) is 0 Å². The van der Waals surface area contributed by atoms with Crippen molar-refractivity contribution in [3.63, 3.8) is 0 Å². The first-order valence-electron chi connectivity index (χ1n) is 19.0. The number of aliphatic carboxylic acids is 2. The van der Waals surface area contributed by atoms with Gasteiger partial charge in [0.25, 0.3) is 11.8 Å². The summed E-state index contributed by atoms with van der Waals surface area (Å²) in [7, 11) is 2.43. The van der Waals surface area contributed by atoms with Crippen molar-refractivity contribution in [3.05, 3.63) is 107 Å². The van der Waals surface area contributed by atoms with Gasteiger partial charge in [-0.25, -0.2) is 19.2 Å². The van der Waals surface area contributed by atoms with E-state index < -0.39 is 70.1 Å². The zero-order valence-electron chi connectivity index (χ0n) is 35.1. The number of benzene rings is 4. The number of amides is 4. The van der Waals surface area contributed by atoms with Crippen LogP contribution in [0.15, 0.2) is 84.9 Å². The molecule has 0 saturated heterocycles. The van der Waals surface area contributed by atoms with Crippen molar-refractivity contribution >= 4 is 47.3 Å². The predicted octanol–water partition coefficient (Wildman–Crippen LogP) is 6.20. The van der Waals surface area contributed by atoms with Crippen molar-refractivity contribution in [2.75, 3.05) is 24.9 Å². The van der Waals surface area contributed by atoms with Crippen LogP contribution in [0.5, 0.6) is 23.0 Å². The topological polar surface area (TPSA) is 268 Å². The molecule has 1 fully saturated rings. The Morgan fingerprint density at radius 3 is 1.13 bits per heavy atom. The highest BCUT2D eigenvalue weighted by atomic mass is 16.6. The molecule has 0 aromatic heterocycles. The Balaban J connectivity index is 1.67. The molecule has 18 heteroatoms. The van der Waals surface area contributed by atoms with Gasteiger partial charge in [0.2, 0.25) is 0 Å². The van der Waals surface area contributed by atoms with Crippen LogP contribution < -0.4 is 30.7 Å². The summed E-state index contributed by atoms with van der Waals surface area (Å²) in [5.41, 5.74) is -6.82. The second-order valence-corrected chi connectivity index (χ2v) is 16.4.